The van der Waals surface area contributed by atoms with Crippen LogP contribution in [0.5, 0.6) is 0 Å². The maximum atomic E-state index is 3.54. The van der Waals surface area contributed by atoms with Crippen molar-refractivity contribution in [2.24, 2.45) is 11.8 Å². The van der Waals surface area contributed by atoms with E-state index in [1.165, 1.54) is 37.5 Å². The molecule has 0 aliphatic carbocycles. The molecule has 0 aromatic carbocycles. The summed E-state index contributed by atoms with van der Waals surface area (Å²) in [5, 5.41) is 5.73. The quantitative estimate of drug-likeness (QED) is 0.865. The van der Waals surface area contributed by atoms with Gasteiger partial charge in [0.15, 0.2) is 0 Å². The zero-order chi connectivity index (χ0) is 11.0. The minimum absolute atomic E-state index is 0.807. The highest BCUT2D eigenvalue weighted by Crippen LogP contribution is 2.35. The molecule has 2 aliphatic heterocycles. The van der Waals surface area contributed by atoms with Crippen molar-refractivity contribution < 1.29 is 0 Å². The van der Waals surface area contributed by atoms with Crippen LogP contribution in [0.15, 0.2) is 17.5 Å². The fourth-order valence-electron chi connectivity index (χ4n) is 3.46. The molecular weight excluding hydrogens is 216 g/mol. The molecule has 0 amide bonds. The molecule has 2 saturated heterocycles. The van der Waals surface area contributed by atoms with E-state index in [1.54, 1.807) is 0 Å². The van der Waals surface area contributed by atoms with Gasteiger partial charge in [0.25, 0.3) is 0 Å². The van der Waals surface area contributed by atoms with Crippen LogP contribution in [0.1, 0.15) is 18.2 Å². The maximum absolute atomic E-state index is 3.54. The maximum Gasteiger partial charge on any atom is 0.0331 e. The van der Waals surface area contributed by atoms with Crippen LogP contribution in [0.25, 0.3) is 0 Å². The second-order valence-electron chi connectivity index (χ2n) is 5.07. The Hall–Kier alpha value is -0.380. The molecule has 0 radical (unpaired) electrons. The molecule has 3 unspecified atom stereocenters. The largest absolute Gasteiger partial charge is 0.316 e. The van der Waals surface area contributed by atoms with Crippen molar-refractivity contribution in [3.63, 3.8) is 0 Å². The van der Waals surface area contributed by atoms with Gasteiger partial charge < -0.3 is 5.32 Å². The summed E-state index contributed by atoms with van der Waals surface area (Å²) in [6, 6.07) is 5.24. The van der Waals surface area contributed by atoms with Gasteiger partial charge in [0.2, 0.25) is 0 Å². The van der Waals surface area contributed by atoms with Crippen LogP contribution in [0.3, 0.4) is 0 Å². The van der Waals surface area contributed by atoms with E-state index in [0.717, 1.165) is 17.9 Å². The van der Waals surface area contributed by atoms with E-state index < -0.39 is 0 Å². The number of hydrogen-bond donors (Lipinski definition) is 1. The number of thiophene rings is 1. The monoisotopic (exact) mass is 236 g/mol. The Morgan fingerprint density at radius 2 is 2.44 bits per heavy atom. The van der Waals surface area contributed by atoms with Gasteiger partial charge >= 0.3 is 0 Å². The van der Waals surface area contributed by atoms with Crippen LogP contribution in [0.4, 0.5) is 0 Å². The predicted molar refractivity (Wildman–Crippen MR) is 68.7 cm³/mol. The van der Waals surface area contributed by atoms with Gasteiger partial charge in [-0.1, -0.05) is 13.0 Å². The van der Waals surface area contributed by atoms with Gasteiger partial charge in [0, 0.05) is 24.0 Å². The minimum Gasteiger partial charge on any atom is -0.316 e. The van der Waals surface area contributed by atoms with Crippen molar-refractivity contribution in [2.45, 2.75) is 25.9 Å². The number of nitrogens with zero attached hydrogens (tertiary/aromatic N) is 1. The molecule has 2 fully saturated rings. The van der Waals surface area contributed by atoms with Crippen molar-refractivity contribution in [1.29, 1.82) is 0 Å². The number of rotatable bonds is 3. The van der Waals surface area contributed by atoms with Gasteiger partial charge in [-0.25, -0.2) is 0 Å². The summed E-state index contributed by atoms with van der Waals surface area (Å²) < 4.78 is 0. The molecule has 0 bridgehead atoms. The molecule has 16 heavy (non-hydrogen) atoms. The first kappa shape index (κ1) is 10.8. The lowest BCUT2D eigenvalue weighted by molar-refractivity contribution is 0.212. The number of fused-ring (bicyclic) bond motifs is 1. The van der Waals surface area contributed by atoms with Gasteiger partial charge in [-0.3, -0.25) is 4.90 Å². The SMILES string of the molecule is CCC1C2CNCC2CN1Cc1cccs1. The second kappa shape index (κ2) is 4.47. The Labute approximate surface area is 102 Å². The molecular formula is C13H20N2S. The summed E-state index contributed by atoms with van der Waals surface area (Å²) in [6.07, 6.45) is 1.30. The van der Waals surface area contributed by atoms with Crippen LogP contribution in [-0.2, 0) is 6.54 Å². The standard InChI is InChI=1S/C13H20N2S/c1-2-13-12-7-14-6-10(12)8-15(13)9-11-4-3-5-16-11/h3-5,10,12-14H,2,6-9H2,1H3. The molecule has 2 aliphatic rings. The highest BCUT2D eigenvalue weighted by atomic mass is 32.1. The van der Waals surface area contributed by atoms with Crippen molar-refractivity contribution in [3.05, 3.63) is 22.4 Å². The molecule has 0 saturated carbocycles. The third kappa shape index (κ3) is 1.81. The summed E-state index contributed by atoms with van der Waals surface area (Å²) in [4.78, 5) is 4.23. The summed E-state index contributed by atoms with van der Waals surface area (Å²) in [5.41, 5.74) is 0. The summed E-state index contributed by atoms with van der Waals surface area (Å²) in [7, 11) is 0. The van der Waals surface area contributed by atoms with Gasteiger partial charge in [0.05, 0.1) is 0 Å². The lowest BCUT2D eigenvalue weighted by atomic mass is 9.93. The molecule has 3 heteroatoms. The topological polar surface area (TPSA) is 15.3 Å². The van der Waals surface area contributed by atoms with Gasteiger partial charge in [0.1, 0.15) is 0 Å². The zero-order valence-electron chi connectivity index (χ0n) is 9.86. The van der Waals surface area contributed by atoms with E-state index >= 15 is 0 Å². The molecule has 0 spiro atoms. The first-order valence-electron chi connectivity index (χ1n) is 6.35. The van der Waals surface area contributed by atoms with E-state index in [2.05, 4.69) is 34.7 Å². The molecule has 1 N–H and O–H groups in total. The Balaban J connectivity index is 1.71. The van der Waals surface area contributed by atoms with Gasteiger partial charge in [-0.15, -0.1) is 11.3 Å². The summed E-state index contributed by atoms with van der Waals surface area (Å²) in [6.45, 7) is 7.29. The number of likely N-dealkylation sites (tertiary alicyclic amines) is 1. The smallest absolute Gasteiger partial charge is 0.0331 e. The molecule has 1 aromatic heterocycles. The van der Waals surface area contributed by atoms with E-state index in [-0.39, 0.29) is 0 Å². The first-order chi connectivity index (χ1) is 7.88. The molecule has 3 heterocycles. The molecule has 3 rings (SSSR count). The average Bonchev–Trinajstić information content (AvgIpc) is 2.93. The Morgan fingerprint density at radius 3 is 3.19 bits per heavy atom. The van der Waals surface area contributed by atoms with Crippen LogP contribution in [0, 0.1) is 11.8 Å². The lowest BCUT2D eigenvalue weighted by Gasteiger charge is -2.26. The highest BCUT2D eigenvalue weighted by molar-refractivity contribution is 7.09. The minimum atomic E-state index is 0.807. The highest BCUT2D eigenvalue weighted by Gasteiger charge is 2.42. The normalized spacial score (nSPS) is 34.4. The fourth-order valence-corrected chi connectivity index (χ4v) is 4.19. The molecule has 1 aromatic rings. The van der Waals surface area contributed by atoms with E-state index in [1.807, 2.05) is 11.3 Å². The van der Waals surface area contributed by atoms with Crippen LogP contribution < -0.4 is 5.32 Å². The molecule has 2 nitrogen and oxygen atoms in total. The molecule has 3 atom stereocenters. The van der Waals surface area contributed by atoms with Crippen molar-refractivity contribution in [3.8, 4) is 0 Å². The van der Waals surface area contributed by atoms with Crippen molar-refractivity contribution in [1.82, 2.24) is 10.2 Å². The zero-order valence-corrected chi connectivity index (χ0v) is 10.7. The third-order valence-corrected chi connectivity index (χ3v) is 5.04. The Kier molecular flexibility index (Phi) is 3.01. The van der Waals surface area contributed by atoms with E-state index in [9.17, 15) is 0 Å². The van der Waals surface area contributed by atoms with Crippen LogP contribution in [0.2, 0.25) is 0 Å². The average molecular weight is 236 g/mol. The lowest BCUT2D eigenvalue weighted by Crippen LogP contribution is -2.34. The van der Waals surface area contributed by atoms with Gasteiger partial charge in [-0.2, -0.15) is 0 Å². The number of nitrogens with one attached hydrogen (secondary N) is 1. The predicted octanol–water partition coefficient (Wildman–Crippen LogP) is 2.18. The molecule has 88 valence electrons. The third-order valence-electron chi connectivity index (χ3n) is 4.18. The van der Waals surface area contributed by atoms with E-state index in [4.69, 9.17) is 0 Å². The second-order valence-corrected chi connectivity index (χ2v) is 6.10. The summed E-state index contributed by atoms with van der Waals surface area (Å²) in [5.74, 6) is 1.81. The Morgan fingerprint density at radius 1 is 1.50 bits per heavy atom. The van der Waals surface area contributed by atoms with Crippen LogP contribution in [-0.4, -0.2) is 30.6 Å². The Bertz CT molecular complexity index is 336. The first-order valence-corrected chi connectivity index (χ1v) is 7.23. The van der Waals surface area contributed by atoms with Crippen molar-refractivity contribution >= 4 is 11.3 Å². The van der Waals surface area contributed by atoms with Crippen molar-refractivity contribution in [2.75, 3.05) is 19.6 Å². The van der Waals surface area contributed by atoms with E-state index in [0.29, 0.717) is 0 Å². The van der Waals surface area contributed by atoms with Gasteiger partial charge in [-0.05, 0) is 42.8 Å². The van der Waals surface area contributed by atoms with Crippen LogP contribution >= 0.6 is 11.3 Å². The summed E-state index contributed by atoms with van der Waals surface area (Å²) >= 11 is 1.89. The fraction of sp³-hybridized carbons (Fsp3) is 0.692. The number of hydrogen-bond acceptors (Lipinski definition) is 3.